The summed E-state index contributed by atoms with van der Waals surface area (Å²) in [5.74, 6) is 0.643. The molecule has 2 aromatic rings. The Kier molecular flexibility index (Phi) is 4.25. The molecule has 0 atom stereocenters. The first kappa shape index (κ1) is 13.9. The fraction of sp³-hybridized carbons (Fsp3) is 0.188. The molecule has 0 aliphatic heterocycles. The summed E-state index contributed by atoms with van der Waals surface area (Å²) in [6.45, 7) is 3.60. The summed E-state index contributed by atoms with van der Waals surface area (Å²) in [5.41, 5.74) is 2.28. The van der Waals surface area contributed by atoms with E-state index in [9.17, 15) is 9.90 Å². The van der Waals surface area contributed by atoms with Crippen molar-refractivity contribution in [2.45, 2.75) is 13.8 Å². The Morgan fingerprint density at radius 2 is 1.80 bits per heavy atom. The summed E-state index contributed by atoms with van der Waals surface area (Å²) >= 11 is 0. The van der Waals surface area contributed by atoms with Crippen LogP contribution in [-0.2, 0) is 4.79 Å². The highest BCUT2D eigenvalue weighted by molar-refractivity contribution is 5.92. The number of carbonyl (C=O) groups is 1. The number of carbonyl (C=O) groups excluding carboxylic acids is 1. The van der Waals surface area contributed by atoms with Crippen molar-refractivity contribution >= 4 is 11.6 Å². The normalized spacial score (nSPS) is 10.1. The van der Waals surface area contributed by atoms with E-state index in [1.165, 1.54) is 0 Å². The molecule has 1 amide bonds. The maximum atomic E-state index is 11.8. The first-order valence-corrected chi connectivity index (χ1v) is 6.35. The molecule has 0 aromatic heterocycles. The third kappa shape index (κ3) is 3.29. The number of rotatable bonds is 4. The van der Waals surface area contributed by atoms with Gasteiger partial charge in [0.25, 0.3) is 5.91 Å². The molecule has 4 nitrogen and oxygen atoms in total. The van der Waals surface area contributed by atoms with Crippen molar-refractivity contribution in [3.05, 3.63) is 53.6 Å². The summed E-state index contributed by atoms with van der Waals surface area (Å²) in [4.78, 5) is 11.8. The Labute approximate surface area is 118 Å². The van der Waals surface area contributed by atoms with Gasteiger partial charge in [-0.2, -0.15) is 0 Å². The molecule has 20 heavy (non-hydrogen) atoms. The number of nitrogens with one attached hydrogen (secondary N) is 1. The highest BCUT2D eigenvalue weighted by Crippen LogP contribution is 2.26. The van der Waals surface area contributed by atoms with Crippen LogP contribution >= 0.6 is 0 Å². The molecule has 0 spiro atoms. The van der Waals surface area contributed by atoms with Crippen LogP contribution in [-0.4, -0.2) is 17.6 Å². The molecule has 0 radical (unpaired) electrons. The topological polar surface area (TPSA) is 58.6 Å². The van der Waals surface area contributed by atoms with Crippen molar-refractivity contribution in [1.29, 1.82) is 0 Å². The molecule has 0 fully saturated rings. The number of para-hydroxylation sites is 1. The molecule has 0 unspecified atom stereocenters. The number of amides is 1. The molecule has 4 heteroatoms. The van der Waals surface area contributed by atoms with Crippen molar-refractivity contribution in [2.75, 3.05) is 11.9 Å². The second kappa shape index (κ2) is 6.10. The summed E-state index contributed by atoms with van der Waals surface area (Å²) in [6.07, 6.45) is 0. The lowest BCUT2D eigenvalue weighted by molar-refractivity contribution is -0.118. The Hall–Kier alpha value is -2.49. The smallest absolute Gasteiger partial charge is 0.262 e. The van der Waals surface area contributed by atoms with E-state index in [1.807, 2.05) is 25.1 Å². The molecule has 0 bridgehead atoms. The van der Waals surface area contributed by atoms with Gasteiger partial charge in [0.05, 0.1) is 0 Å². The van der Waals surface area contributed by atoms with Crippen LogP contribution < -0.4 is 10.1 Å². The minimum absolute atomic E-state index is 0.0522. The zero-order valence-corrected chi connectivity index (χ0v) is 11.5. The van der Waals surface area contributed by atoms with Crippen molar-refractivity contribution in [2.24, 2.45) is 0 Å². The van der Waals surface area contributed by atoms with Crippen LogP contribution in [0.25, 0.3) is 0 Å². The molecule has 0 aliphatic carbocycles. The molecule has 2 N–H and O–H groups in total. The predicted molar refractivity (Wildman–Crippen MR) is 78.1 cm³/mol. The molecule has 0 saturated heterocycles. The van der Waals surface area contributed by atoms with Crippen molar-refractivity contribution < 1.29 is 14.6 Å². The van der Waals surface area contributed by atoms with E-state index in [4.69, 9.17) is 4.74 Å². The highest BCUT2D eigenvalue weighted by atomic mass is 16.5. The van der Waals surface area contributed by atoms with Crippen LogP contribution in [0.4, 0.5) is 5.69 Å². The fourth-order valence-corrected chi connectivity index (χ4v) is 1.79. The third-order valence-corrected chi connectivity index (χ3v) is 3.15. The lowest BCUT2D eigenvalue weighted by atomic mass is 10.1. The van der Waals surface area contributed by atoms with Gasteiger partial charge in [0.2, 0.25) is 0 Å². The molecular formula is C16H17NO3. The molecule has 0 aliphatic rings. The van der Waals surface area contributed by atoms with E-state index in [2.05, 4.69) is 5.32 Å². The van der Waals surface area contributed by atoms with Crippen molar-refractivity contribution in [3.8, 4) is 11.5 Å². The summed E-state index contributed by atoms with van der Waals surface area (Å²) in [7, 11) is 0. The SMILES string of the molecule is Cc1c(O)ccc(NC(=O)COc2ccccc2)c1C. The van der Waals surface area contributed by atoms with Crippen molar-refractivity contribution in [1.82, 2.24) is 0 Å². The second-order valence-electron chi connectivity index (χ2n) is 4.53. The number of ether oxygens (including phenoxy) is 1. The Balaban J connectivity index is 1.97. The van der Waals surface area contributed by atoms with E-state index in [0.717, 1.165) is 11.1 Å². The van der Waals surface area contributed by atoms with Gasteiger partial charge in [-0.3, -0.25) is 4.79 Å². The van der Waals surface area contributed by atoms with Gasteiger partial charge in [-0.25, -0.2) is 0 Å². The van der Waals surface area contributed by atoms with Crippen LogP contribution in [0, 0.1) is 13.8 Å². The van der Waals surface area contributed by atoms with Crippen LogP contribution in [0.2, 0.25) is 0 Å². The lowest BCUT2D eigenvalue weighted by Crippen LogP contribution is -2.20. The van der Waals surface area contributed by atoms with E-state index < -0.39 is 0 Å². The Bertz CT molecular complexity index is 609. The van der Waals surface area contributed by atoms with Gasteiger partial charge in [0.15, 0.2) is 6.61 Å². The van der Waals surface area contributed by atoms with Crippen LogP contribution in [0.3, 0.4) is 0 Å². The number of hydrogen-bond acceptors (Lipinski definition) is 3. The highest BCUT2D eigenvalue weighted by Gasteiger charge is 2.09. The van der Waals surface area contributed by atoms with Gasteiger partial charge >= 0.3 is 0 Å². The first-order chi connectivity index (χ1) is 9.58. The van der Waals surface area contributed by atoms with E-state index in [1.54, 1.807) is 31.2 Å². The Morgan fingerprint density at radius 1 is 1.10 bits per heavy atom. The first-order valence-electron chi connectivity index (χ1n) is 6.35. The third-order valence-electron chi connectivity index (χ3n) is 3.15. The number of phenolic OH excluding ortho intramolecular Hbond substituents is 1. The number of benzene rings is 2. The zero-order valence-electron chi connectivity index (χ0n) is 11.5. The average Bonchev–Trinajstić information content (AvgIpc) is 2.47. The van der Waals surface area contributed by atoms with Crippen LogP contribution in [0.15, 0.2) is 42.5 Å². The maximum Gasteiger partial charge on any atom is 0.262 e. The standard InChI is InChI=1S/C16H17NO3/c1-11-12(2)15(18)9-8-14(11)17-16(19)10-20-13-6-4-3-5-7-13/h3-9,18H,10H2,1-2H3,(H,17,19). The number of anilines is 1. The molecule has 2 aromatic carbocycles. The predicted octanol–water partition coefficient (Wildman–Crippen LogP) is 3.03. The van der Waals surface area contributed by atoms with E-state index in [0.29, 0.717) is 11.4 Å². The minimum atomic E-state index is -0.234. The maximum absolute atomic E-state index is 11.8. The zero-order chi connectivity index (χ0) is 14.5. The van der Waals surface area contributed by atoms with Crippen LogP contribution in [0.1, 0.15) is 11.1 Å². The van der Waals surface area contributed by atoms with Gasteiger partial charge in [0, 0.05) is 5.69 Å². The van der Waals surface area contributed by atoms with Crippen molar-refractivity contribution in [3.63, 3.8) is 0 Å². The average molecular weight is 271 g/mol. The lowest BCUT2D eigenvalue weighted by Gasteiger charge is -2.12. The Morgan fingerprint density at radius 3 is 2.50 bits per heavy atom. The molecular weight excluding hydrogens is 254 g/mol. The number of hydrogen-bond donors (Lipinski definition) is 2. The van der Waals surface area contributed by atoms with Gasteiger partial charge in [0.1, 0.15) is 11.5 Å². The number of aromatic hydroxyl groups is 1. The van der Waals surface area contributed by atoms with E-state index in [-0.39, 0.29) is 18.3 Å². The van der Waals surface area contributed by atoms with E-state index >= 15 is 0 Å². The van der Waals surface area contributed by atoms with Gasteiger partial charge in [-0.05, 0) is 49.2 Å². The minimum Gasteiger partial charge on any atom is -0.508 e. The molecule has 0 saturated carbocycles. The summed E-state index contributed by atoms with van der Waals surface area (Å²) < 4.78 is 5.37. The monoisotopic (exact) mass is 271 g/mol. The molecule has 104 valence electrons. The molecule has 0 heterocycles. The second-order valence-corrected chi connectivity index (χ2v) is 4.53. The number of phenols is 1. The van der Waals surface area contributed by atoms with Crippen LogP contribution in [0.5, 0.6) is 11.5 Å². The van der Waals surface area contributed by atoms with Gasteiger partial charge < -0.3 is 15.2 Å². The van der Waals surface area contributed by atoms with Gasteiger partial charge in [-0.15, -0.1) is 0 Å². The largest absolute Gasteiger partial charge is 0.508 e. The fourth-order valence-electron chi connectivity index (χ4n) is 1.79. The summed E-state index contributed by atoms with van der Waals surface area (Å²) in [5, 5.41) is 12.3. The van der Waals surface area contributed by atoms with Gasteiger partial charge in [-0.1, -0.05) is 18.2 Å². The summed E-state index contributed by atoms with van der Waals surface area (Å²) in [6, 6.07) is 12.4. The quantitative estimate of drug-likeness (QED) is 0.840. The molecule has 2 rings (SSSR count).